The summed E-state index contributed by atoms with van der Waals surface area (Å²) in [6.45, 7) is 7.18. The van der Waals surface area contributed by atoms with Crippen molar-refractivity contribution in [3.05, 3.63) is 29.2 Å². The Morgan fingerprint density at radius 3 is 2.35 bits per heavy atom. The zero-order chi connectivity index (χ0) is 13.2. The van der Waals surface area contributed by atoms with Crippen LogP contribution in [0.2, 0.25) is 0 Å². The summed E-state index contributed by atoms with van der Waals surface area (Å²) in [6.07, 6.45) is 2.79. The summed E-state index contributed by atoms with van der Waals surface area (Å²) in [5, 5.41) is 9.00. The van der Waals surface area contributed by atoms with E-state index in [9.17, 15) is 9.59 Å². The van der Waals surface area contributed by atoms with E-state index in [-0.39, 0.29) is 17.0 Å². The highest BCUT2D eigenvalue weighted by molar-refractivity contribution is 5.95. The van der Waals surface area contributed by atoms with Gasteiger partial charge in [0.05, 0.1) is 0 Å². The van der Waals surface area contributed by atoms with Gasteiger partial charge >= 0.3 is 5.97 Å². The molecule has 0 unspecified atom stereocenters. The fourth-order valence-corrected chi connectivity index (χ4v) is 1.27. The van der Waals surface area contributed by atoms with Crippen molar-refractivity contribution in [1.29, 1.82) is 0 Å². The van der Waals surface area contributed by atoms with Crippen LogP contribution in [0, 0.1) is 0 Å². The lowest BCUT2D eigenvalue weighted by Gasteiger charge is -2.13. The fraction of sp³-hybridized carbons (Fsp3) is 0.385. The number of carboxylic acids is 1. The smallest absolute Gasteiger partial charge is 0.372 e. The monoisotopic (exact) mass is 236 g/mol. The number of carboxylic acid groups (broad SMARTS) is 1. The first kappa shape index (κ1) is 13.2. The number of furan rings is 1. The predicted molar refractivity (Wildman–Crippen MR) is 64.1 cm³/mol. The molecule has 1 N–H and O–H groups in total. The summed E-state index contributed by atoms with van der Waals surface area (Å²) in [5.74, 6) is -0.825. The Morgan fingerprint density at radius 1 is 1.35 bits per heavy atom. The molecule has 4 nitrogen and oxygen atoms in total. The van der Waals surface area contributed by atoms with E-state index in [1.54, 1.807) is 6.07 Å². The van der Waals surface area contributed by atoms with Crippen LogP contribution in [-0.2, 0) is 10.2 Å². The highest BCUT2D eigenvalue weighted by atomic mass is 16.4. The molecule has 0 saturated heterocycles. The Balaban J connectivity index is 3.24. The van der Waals surface area contributed by atoms with Crippen LogP contribution in [0.25, 0.3) is 6.08 Å². The molecular weight excluding hydrogens is 220 g/mol. The molecule has 1 heterocycles. The third-order valence-corrected chi connectivity index (χ3v) is 2.19. The van der Waals surface area contributed by atoms with Crippen LogP contribution in [0.15, 0.2) is 16.6 Å². The average Bonchev–Trinajstić information content (AvgIpc) is 2.57. The normalized spacial score (nSPS) is 12.0. The Bertz CT molecular complexity index is 472. The number of rotatable bonds is 3. The highest BCUT2D eigenvalue weighted by Gasteiger charge is 2.23. The summed E-state index contributed by atoms with van der Waals surface area (Å²) in [6, 6.07) is 1.66. The Hall–Kier alpha value is -1.84. The molecule has 0 amide bonds. The van der Waals surface area contributed by atoms with Crippen molar-refractivity contribution < 1.29 is 19.1 Å². The highest BCUT2D eigenvalue weighted by Crippen LogP contribution is 2.28. The van der Waals surface area contributed by atoms with Gasteiger partial charge in [0.25, 0.3) is 0 Å². The quantitative estimate of drug-likeness (QED) is 0.819. The Labute approximate surface area is 99.9 Å². The van der Waals surface area contributed by atoms with E-state index in [4.69, 9.17) is 9.52 Å². The molecule has 0 atom stereocenters. The second kappa shape index (κ2) is 4.57. The van der Waals surface area contributed by atoms with Crippen LogP contribution >= 0.6 is 0 Å². The minimum absolute atomic E-state index is 0.132. The third-order valence-electron chi connectivity index (χ3n) is 2.19. The van der Waals surface area contributed by atoms with E-state index in [1.807, 2.05) is 20.8 Å². The molecule has 0 saturated carbocycles. The SMILES string of the molecule is CC(=O)/C=C/c1cc(C(C)(C)C)oc1C(=O)O. The molecule has 17 heavy (non-hydrogen) atoms. The lowest BCUT2D eigenvalue weighted by molar-refractivity contribution is -0.112. The zero-order valence-corrected chi connectivity index (χ0v) is 10.4. The van der Waals surface area contributed by atoms with Crippen molar-refractivity contribution >= 4 is 17.8 Å². The van der Waals surface area contributed by atoms with E-state index in [0.717, 1.165) is 0 Å². The molecule has 0 aliphatic carbocycles. The van der Waals surface area contributed by atoms with E-state index in [2.05, 4.69) is 0 Å². The molecule has 4 heteroatoms. The van der Waals surface area contributed by atoms with Crippen molar-refractivity contribution in [2.45, 2.75) is 33.1 Å². The molecule has 0 aliphatic rings. The average molecular weight is 236 g/mol. The molecule has 1 rings (SSSR count). The third kappa shape index (κ3) is 3.31. The number of hydrogen-bond donors (Lipinski definition) is 1. The summed E-state index contributed by atoms with van der Waals surface area (Å²) >= 11 is 0. The number of aromatic carboxylic acids is 1. The molecule has 92 valence electrons. The molecule has 0 aromatic carbocycles. The predicted octanol–water partition coefficient (Wildman–Crippen LogP) is 2.88. The maximum atomic E-state index is 11.0. The second-order valence-corrected chi connectivity index (χ2v) is 4.89. The summed E-state index contributed by atoms with van der Waals surface area (Å²) in [4.78, 5) is 21.8. The Morgan fingerprint density at radius 2 is 1.94 bits per heavy atom. The van der Waals surface area contributed by atoms with Crippen molar-refractivity contribution in [3.63, 3.8) is 0 Å². The van der Waals surface area contributed by atoms with Crippen LogP contribution in [0.4, 0.5) is 0 Å². The van der Waals surface area contributed by atoms with Crippen LogP contribution < -0.4 is 0 Å². The molecule has 1 aromatic rings. The standard InChI is InChI=1S/C13H16O4/c1-8(14)5-6-9-7-10(13(2,3)4)17-11(9)12(15)16/h5-7H,1-4H3,(H,15,16)/b6-5+. The zero-order valence-electron chi connectivity index (χ0n) is 10.4. The first-order chi connectivity index (χ1) is 7.71. The van der Waals surface area contributed by atoms with Crippen LogP contribution in [0.5, 0.6) is 0 Å². The van der Waals surface area contributed by atoms with E-state index >= 15 is 0 Å². The number of carbonyl (C=O) groups excluding carboxylic acids is 1. The minimum atomic E-state index is -1.14. The topological polar surface area (TPSA) is 67.5 Å². The molecule has 0 fully saturated rings. The van der Waals surface area contributed by atoms with Gasteiger partial charge in [-0.15, -0.1) is 0 Å². The van der Waals surface area contributed by atoms with Crippen molar-refractivity contribution in [2.75, 3.05) is 0 Å². The molecule has 0 radical (unpaired) electrons. The van der Waals surface area contributed by atoms with Gasteiger partial charge in [-0.1, -0.05) is 20.8 Å². The van der Waals surface area contributed by atoms with E-state index in [1.165, 1.54) is 19.1 Å². The van der Waals surface area contributed by atoms with Gasteiger partial charge in [0.15, 0.2) is 5.78 Å². The summed E-state index contributed by atoms with van der Waals surface area (Å²) < 4.78 is 5.31. The van der Waals surface area contributed by atoms with E-state index < -0.39 is 5.97 Å². The van der Waals surface area contributed by atoms with Gasteiger partial charge in [-0.25, -0.2) is 4.79 Å². The first-order valence-electron chi connectivity index (χ1n) is 5.28. The van der Waals surface area contributed by atoms with Crippen LogP contribution in [0.3, 0.4) is 0 Å². The minimum Gasteiger partial charge on any atom is -0.475 e. The van der Waals surface area contributed by atoms with Crippen molar-refractivity contribution in [3.8, 4) is 0 Å². The van der Waals surface area contributed by atoms with Gasteiger partial charge in [0.2, 0.25) is 5.76 Å². The van der Waals surface area contributed by atoms with E-state index in [0.29, 0.717) is 11.3 Å². The van der Waals surface area contributed by atoms with Crippen molar-refractivity contribution in [2.24, 2.45) is 0 Å². The van der Waals surface area contributed by atoms with Gasteiger partial charge in [0, 0.05) is 11.0 Å². The molecule has 0 spiro atoms. The Kier molecular flexibility index (Phi) is 3.56. The second-order valence-electron chi connectivity index (χ2n) is 4.89. The fourth-order valence-electron chi connectivity index (χ4n) is 1.27. The van der Waals surface area contributed by atoms with Gasteiger partial charge in [-0.3, -0.25) is 4.79 Å². The molecular formula is C13H16O4. The lowest BCUT2D eigenvalue weighted by Crippen LogP contribution is -2.09. The van der Waals surface area contributed by atoms with Gasteiger partial charge in [0.1, 0.15) is 5.76 Å². The maximum absolute atomic E-state index is 11.0. The lowest BCUT2D eigenvalue weighted by atomic mass is 9.93. The van der Waals surface area contributed by atoms with Gasteiger partial charge in [-0.2, -0.15) is 0 Å². The number of carbonyl (C=O) groups is 2. The first-order valence-corrected chi connectivity index (χ1v) is 5.28. The van der Waals surface area contributed by atoms with Crippen molar-refractivity contribution in [1.82, 2.24) is 0 Å². The summed E-state index contributed by atoms with van der Waals surface area (Å²) in [5.41, 5.74) is 0.143. The number of ketones is 1. The largest absolute Gasteiger partial charge is 0.475 e. The van der Waals surface area contributed by atoms with Crippen LogP contribution in [-0.4, -0.2) is 16.9 Å². The molecule has 1 aromatic heterocycles. The van der Waals surface area contributed by atoms with Crippen LogP contribution in [0.1, 0.15) is 49.6 Å². The molecule has 0 aliphatic heterocycles. The number of hydrogen-bond acceptors (Lipinski definition) is 3. The molecule has 0 bridgehead atoms. The number of allylic oxidation sites excluding steroid dienone is 1. The van der Waals surface area contributed by atoms with Gasteiger partial charge < -0.3 is 9.52 Å². The maximum Gasteiger partial charge on any atom is 0.372 e. The summed E-state index contributed by atoms with van der Waals surface area (Å²) in [7, 11) is 0. The van der Waals surface area contributed by atoms with Gasteiger partial charge in [-0.05, 0) is 25.1 Å².